The Hall–Kier alpha value is -2.49. The van der Waals surface area contributed by atoms with Gasteiger partial charge in [0.05, 0.1) is 30.4 Å². The van der Waals surface area contributed by atoms with E-state index in [4.69, 9.17) is 19.6 Å². The van der Waals surface area contributed by atoms with Crippen molar-refractivity contribution in [2.24, 2.45) is 0 Å². The molecule has 1 aromatic rings. The minimum absolute atomic E-state index is 0.114. The SMILES string of the molecule is CC(CO)NC(=O)COc1cccc2c1C(=O)N(C1CCCOOC1)C2=O. The van der Waals surface area contributed by atoms with Gasteiger partial charge >= 0.3 is 0 Å². The van der Waals surface area contributed by atoms with Gasteiger partial charge in [-0.1, -0.05) is 6.07 Å². The summed E-state index contributed by atoms with van der Waals surface area (Å²) in [5.41, 5.74) is 0.391. The van der Waals surface area contributed by atoms with Crippen LogP contribution in [0.5, 0.6) is 5.75 Å². The first kappa shape index (κ1) is 19.3. The van der Waals surface area contributed by atoms with Gasteiger partial charge in [0.15, 0.2) is 6.61 Å². The molecule has 2 aliphatic rings. The van der Waals surface area contributed by atoms with Crippen LogP contribution in [0.15, 0.2) is 18.2 Å². The van der Waals surface area contributed by atoms with Gasteiger partial charge in [0.2, 0.25) is 0 Å². The van der Waals surface area contributed by atoms with Crippen molar-refractivity contribution < 1.29 is 34.0 Å². The first-order valence-corrected chi connectivity index (χ1v) is 8.81. The Balaban J connectivity index is 1.76. The Morgan fingerprint density at radius 1 is 1.37 bits per heavy atom. The summed E-state index contributed by atoms with van der Waals surface area (Å²) in [5, 5.41) is 11.5. The molecule has 1 saturated heterocycles. The minimum Gasteiger partial charge on any atom is -0.483 e. The number of nitrogens with one attached hydrogen (secondary N) is 1. The molecule has 27 heavy (non-hydrogen) atoms. The summed E-state index contributed by atoms with van der Waals surface area (Å²) >= 11 is 0. The fourth-order valence-corrected chi connectivity index (χ4v) is 3.08. The molecule has 2 unspecified atom stereocenters. The van der Waals surface area contributed by atoms with E-state index in [0.717, 1.165) is 0 Å². The quantitative estimate of drug-likeness (QED) is 0.539. The fraction of sp³-hybridized carbons (Fsp3) is 0.500. The van der Waals surface area contributed by atoms with Gasteiger partial charge in [-0.25, -0.2) is 9.78 Å². The number of ether oxygens (including phenoxy) is 1. The molecule has 9 heteroatoms. The van der Waals surface area contributed by atoms with E-state index in [9.17, 15) is 14.4 Å². The highest BCUT2D eigenvalue weighted by Crippen LogP contribution is 2.33. The summed E-state index contributed by atoms with van der Waals surface area (Å²) in [5.74, 6) is -1.14. The molecule has 1 aromatic carbocycles. The summed E-state index contributed by atoms with van der Waals surface area (Å²) in [7, 11) is 0. The van der Waals surface area contributed by atoms with Crippen LogP contribution in [0, 0.1) is 0 Å². The van der Waals surface area contributed by atoms with Gasteiger partial charge in [-0.15, -0.1) is 0 Å². The molecule has 2 atom stereocenters. The number of fused-ring (bicyclic) bond motifs is 1. The van der Waals surface area contributed by atoms with Gasteiger partial charge in [0.1, 0.15) is 12.4 Å². The van der Waals surface area contributed by atoms with E-state index in [1.54, 1.807) is 25.1 Å². The smallest absolute Gasteiger partial charge is 0.265 e. The number of hydrogen-bond donors (Lipinski definition) is 2. The van der Waals surface area contributed by atoms with Gasteiger partial charge in [-0.05, 0) is 31.9 Å². The van der Waals surface area contributed by atoms with Crippen molar-refractivity contribution in [3.8, 4) is 5.75 Å². The second-order valence-electron chi connectivity index (χ2n) is 6.50. The van der Waals surface area contributed by atoms with E-state index in [2.05, 4.69) is 5.32 Å². The normalized spacial score (nSPS) is 20.8. The number of nitrogens with zero attached hydrogens (tertiary/aromatic N) is 1. The van der Waals surface area contributed by atoms with Gasteiger partial charge in [-0.3, -0.25) is 19.3 Å². The molecule has 2 aliphatic heterocycles. The van der Waals surface area contributed by atoms with Gasteiger partial charge in [0.25, 0.3) is 17.7 Å². The Morgan fingerprint density at radius 3 is 2.96 bits per heavy atom. The maximum Gasteiger partial charge on any atom is 0.265 e. The topological polar surface area (TPSA) is 114 Å². The van der Waals surface area contributed by atoms with Gasteiger partial charge in [0, 0.05) is 6.04 Å². The molecule has 2 N–H and O–H groups in total. The lowest BCUT2D eigenvalue weighted by molar-refractivity contribution is -0.291. The number of imide groups is 1. The molecule has 0 bridgehead atoms. The van der Waals surface area contributed by atoms with E-state index < -0.39 is 29.8 Å². The van der Waals surface area contributed by atoms with Crippen LogP contribution < -0.4 is 10.1 Å². The molecule has 0 aromatic heterocycles. The monoisotopic (exact) mass is 378 g/mol. The average Bonchev–Trinajstić information content (AvgIpc) is 2.85. The van der Waals surface area contributed by atoms with E-state index in [1.807, 2.05) is 0 Å². The number of hydrogen-bond acceptors (Lipinski definition) is 7. The van der Waals surface area contributed by atoms with Crippen molar-refractivity contribution in [3.63, 3.8) is 0 Å². The van der Waals surface area contributed by atoms with Gasteiger partial charge < -0.3 is 15.2 Å². The molecule has 0 radical (unpaired) electrons. The van der Waals surface area contributed by atoms with Crippen LogP contribution in [0.3, 0.4) is 0 Å². The molecule has 0 spiro atoms. The zero-order valence-corrected chi connectivity index (χ0v) is 15.0. The van der Waals surface area contributed by atoms with Crippen LogP contribution in [0.1, 0.15) is 40.5 Å². The Morgan fingerprint density at radius 2 is 2.19 bits per heavy atom. The standard InChI is InChI=1S/C18H22N2O7/c1-11(8-21)19-15(22)10-25-14-6-2-5-13-16(14)18(24)20(17(13)23)12-4-3-7-26-27-9-12/h2,5-6,11-12,21H,3-4,7-10H2,1H3,(H,19,22). The average molecular weight is 378 g/mol. The third-order valence-corrected chi connectivity index (χ3v) is 4.42. The molecule has 3 amide bonds. The maximum absolute atomic E-state index is 12.9. The van der Waals surface area contributed by atoms with Crippen molar-refractivity contribution in [2.45, 2.75) is 31.8 Å². The van der Waals surface area contributed by atoms with Crippen LogP contribution in [-0.2, 0) is 14.6 Å². The summed E-state index contributed by atoms with van der Waals surface area (Å²) in [6, 6.07) is 3.89. The molecule has 0 aliphatic carbocycles. The van der Waals surface area contributed by atoms with E-state index >= 15 is 0 Å². The molecule has 2 heterocycles. The van der Waals surface area contributed by atoms with E-state index in [0.29, 0.717) is 19.4 Å². The third-order valence-electron chi connectivity index (χ3n) is 4.42. The van der Waals surface area contributed by atoms with E-state index in [-0.39, 0.29) is 36.7 Å². The minimum atomic E-state index is -0.467. The predicted octanol–water partition coefficient (Wildman–Crippen LogP) is 0.269. The molecule has 1 fully saturated rings. The first-order chi connectivity index (χ1) is 13.0. The summed E-state index contributed by atoms with van der Waals surface area (Å²) < 4.78 is 5.49. The second-order valence-corrected chi connectivity index (χ2v) is 6.50. The van der Waals surface area contributed by atoms with Crippen LogP contribution in [0.2, 0.25) is 0 Å². The maximum atomic E-state index is 12.9. The van der Waals surface area contributed by atoms with Crippen molar-refractivity contribution in [2.75, 3.05) is 26.4 Å². The number of rotatable bonds is 6. The zero-order valence-electron chi connectivity index (χ0n) is 15.0. The van der Waals surface area contributed by atoms with Gasteiger partial charge in [-0.2, -0.15) is 0 Å². The lowest BCUT2D eigenvalue weighted by atomic mass is 10.1. The first-order valence-electron chi connectivity index (χ1n) is 8.81. The van der Waals surface area contributed by atoms with Crippen molar-refractivity contribution in [1.82, 2.24) is 10.2 Å². The fourth-order valence-electron chi connectivity index (χ4n) is 3.08. The van der Waals surface area contributed by atoms with Crippen LogP contribution >= 0.6 is 0 Å². The number of aliphatic hydroxyl groups excluding tert-OH is 1. The molecule has 0 saturated carbocycles. The van der Waals surface area contributed by atoms with Crippen molar-refractivity contribution in [3.05, 3.63) is 29.3 Å². The van der Waals surface area contributed by atoms with Crippen LogP contribution in [0.25, 0.3) is 0 Å². The number of carbonyl (C=O) groups excluding carboxylic acids is 3. The Kier molecular flexibility index (Phi) is 6.04. The summed E-state index contributed by atoms with van der Waals surface area (Å²) in [4.78, 5) is 48.6. The summed E-state index contributed by atoms with van der Waals surface area (Å²) in [6.07, 6.45) is 1.26. The molecule has 3 rings (SSSR count). The lowest BCUT2D eigenvalue weighted by Gasteiger charge is -2.23. The highest BCUT2D eigenvalue weighted by atomic mass is 17.2. The number of amides is 3. The third kappa shape index (κ3) is 4.10. The number of carbonyl (C=O) groups is 3. The summed E-state index contributed by atoms with van der Waals surface area (Å²) in [6.45, 7) is 1.65. The van der Waals surface area contributed by atoms with Crippen molar-refractivity contribution in [1.29, 1.82) is 0 Å². The number of aliphatic hydroxyl groups is 1. The molecule has 9 nitrogen and oxygen atoms in total. The van der Waals surface area contributed by atoms with Crippen molar-refractivity contribution >= 4 is 17.7 Å². The van der Waals surface area contributed by atoms with Crippen LogP contribution in [0.4, 0.5) is 0 Å². The zero-order chi connectivity index (χ0) is 19.4. The van der Waals surface area contributed by atoms with Crippen LogP contribution in [-0.4, -0.2) is 66.2 Å². The molecular weight excluding hydrogens is 356 g/mol. The molecule has 146 valence electrons. The largest absolute Gasteiger partial charge is 0.483 e. The lowest BCUT2D eigenvalue weighted by Crippen LogP contribution is -2.42. The Labute approximate surface area is 156 Å². The number of benzene rings is 1. The Bertz CT molecular complexity index is 728. The van der Waals surface area contributed by atoms with E-state index in [1.165, 1.54) is 4.90 Å². The highest BCUT2D eigenvalue weighted by Gasteiger charge is 2.42. The predicted molar refractivity (Wildman–Crippen MR) is 92.1 cm³/mol. The second kappa shape index (κ2) is 8.47. The highest BCUT2D eigenvalue weighted by molar-refractivity contribution is 6.22. The molecular formula is C18H22N2O7.